The van der Waals surface area contributed by atoms with E-state index >= 15 is 0 Å². The molecule has 2 aliphatic rings. The molecule has 130 valence electrons. The fourth-order valence-corrected chi connectivity index (χ4v) is 4.59. The van der Waals surface area contributed by atoms with Gasteiger partial charge < -0.3 is 10.1 Å². The van der Waals surface area contributed by atoms with Gasteiger partial charge in [0.15, 0.2) is 6.61 Å². The Kier molecular flexibility index (Phi) is 3.64. The van der Waals surface area contributed by atoms with Crippen molar-refractivity contribution in [3.63, 3.8) is 0 Å². The lowest BCUT2D eigenvalue weighted by Gasteiger charge is -2.17. The molecule has 1 N–H and O–H groups in total. The Morgan fingerprint density at radius 2 is 1.88 bits per heavy atom. The minimum atomic E-state index is -3.81. The number of esters is 1. The highest BCUT2D eigenvalue weighted by Crippen LogP contribution is 2.41. The Morgan fingerprint density at radius 1 is 1.16 bits per heavy atom. The maximum Gasteiger partial charge on any atom is 0.327 e. The second kappa shape index (κ2) is 5.73. The van der Waals surface area contributed by atoms with Crippen LogP contribution in [0, 0.1) is 0 Å². The zero-order chi connectivity index (χ0) is 17.6. The number of hydrogen-bond acceptors (Lipinski definition) is 5. The van der Waals surface area contributed by atoms with Gasteiger partial charge in [0.2, 0.25) is 0 Å². The maximum absolute atomic E-state index is 12.7. The van der Waals surface area contributed by atoms with Gasteiger partial charge in [-0.2, -0.15) is 0 Å². The molecule has 0 unspecified atom stereocenters. The predicted molar refractivity (Wildman–Crippen MR) is 90.6 cm³/mol. The van der Waals surface area contributed by atoms with Gasteiger partial charge >= 0.3 is 5.97 Å². The van der Waals surface area contributed by atoms with Crippen LogP contribution in [0.3, 0.4) is 0 Å². The van der Waals surface area contributed by atoms with E-state index < -0.39 is 29.1 Å². The molecule has 1 saturated carbocycles. The van der Waals surface area contributed by atoms with Gasteiger partial charge in [0.05, 0.1) is 10.6 Å². The van der Waals surface area contributed by atoms with Gasteiger partial charge in [-0.15, -0.1) is 0 Å². The van der Waals surface area contributed by atoms with Crippen LogP contribution in [-0.4, -0.2) is 39.5 Å². The Labute approximate surface area is 144 Å². The molecule has 2 aromatic carbocycles. The molecular weight excluding hydrogens is 344 g/mol. The molecule has 0 radical (unpaired) electrons. The summed E-state index contributed by atoms with van der Waals surface area (Å²) in [5.41, 5.74) is 0.451. The second-order valence-corrected chi connectivity index (χ2v) is 7.98. The first kappa shape index (κ1) is 15.9. The smallest absolute Gasteiger partial charge is 0.327 e. The van der Waals surface area contributed by atoms with E-state index in [1.165, 1.54) is 6.07 Å². The standard InChI is InChI=1S/C17H16N2O5S/c20-15(18-12-7-8-12)10-24-16(21)9-19-13-5-1-3-11-4-2-6-14(17(11)13)25(19,22)23/h1-6,12H,7-10H2,(H,18,20). The summed E-state index contributed by atoms with van der Waals surface area (Å²) in [7, 11) is -3.81. The third-order valence-electron chi connectivity index (χ3n) is 4.26. The second-order valence-electron chi connectivity index (χ2n) is 6.15. The van der Waals surface area contributed by atoms with E-state index in [1.807, 2.05) is 12.1 Å². The molecule has 0 saturated heterocycles. The van der Waals surface area contributed by atoms with Crippen LogP contribution < -0.4 is 9.62 Å². The number of carbonyl (C=O) groups is 2. The lowest BCUT2D eigenvalue weighted by atomic mass is 10.1. The molecule has 8 heteroatoms. The molecule has 4 rings (SSSR count). The Morgan fingerprint density at radius 3 is 2.60 bits per heavy atom. The zero-order valence-electron chi connectivity index (χ0n) is 13.3. The summed E-state index contributed by atoms with van der Waals surface area (Å²) in [5, 5.41) is 4.09. The Balaban J connectivity index is 1.52. The first-order valence-electron chi connectivity index (χ1n) is 7.96. The first-order chi connectivity index (χ1) is 12.0. The summed E-state index contributed by atoms with van der Waals surface area (Å²) >= 11 is 0. The molecule has 0 spiro atoms. The normalized spacial score (nSPS) is 17.5. The quantitative estimate of drug-likeness (QED) is 0.808. The van der Waals surface area contributed by atoms with Gasteiger partial charge in [0.25, 0.3) is 15.9 Å². The van der Waals surface area contributed by atoms with Gasteiger partial charge in [-0.3, -0.25) is 13.9 Å². The molecule has 1 amide bonds. The highest BCUT2D eigenvalue weighted by atomic mass is 32.2. The number of rotatable bonds is 5. The molecular formula is C17H16N2O5S. The predicted octanol–water partition coefficient (Wildman–Crippen LogP) is 1.17. The van der Waals surface area contributed by atoms with Crippen molar-refractivity contribution in [3.8, 4) is 0 Å². The van der Waals surface area contributed by atoms with Crippen LogP contribution in [0.2, 0.25) is 0 Å². The van der Waals surface area contributed by atoms with E-state index in [0.717, 1.165) is 22.5 Å². The van der Waals surface area contributed by atoms with Crippen LogP contribution >= 0.6 is 0 Å². The van der Waals surface area contributed by atoms with E-state index in [1.54, 1.807) is 18.2 Å². The van der Waals surface area contributed by atoms with Crippen LogP contribution in [0.4, 0.5) is 5.69 Å². The van der Waals surface area contributed by atoms with E-state index in [2.05, 4.69) is 5.32 Å². The van der Waals surface area contributed by atoms with Crippen LogP contribution in [0.1, 0.15) is 12.8 Å². The molecule has 7 nitrogen and oxygen atoms in total. The molecule has 0 bridgehead atoms. The van der Waals surface area contributed by atoms with Gasteiger partial charge in [0.1, 0.15) is 6.54 Å². The summed E-state index contributed by atoms with van der Waals surface area (Å²) in [6.07, 6.45) is 1.88. The number of nitrogens with one attached hydrogen (secondary N) is 1. The number of ether oxygens (including phenoxy) is 1. The summed E-state index contributed by atoms with van der Waals surface area (Å²) in [4.78, 5) is 23.8. The number of anilines is 1. The molecule has 1 heterocycles. The zero-order valence-corrected chi connectivity index (χ0v) is 14.1. The monoisotopic (exact) mass is 360 g/mol. The minimum Gasteiger partial charge on any atom is -0.454 e. The fraction of sp³-hybridized carbons (Fsp3) is 0.294. The summed E-state index contributed by atoms with van der Waals surface area (Å²) < 4.78 is 31.4. The van der Waals surface area contributed by atoms with Crippen molar-refractivity contribution in [2.75, 3.05) is 17.5 Å². The Bertz CT molecular complexity index is 976. The van der Waals surface area contributed by atoms with E-state index in [-0.39, 0.29) is 16.8 Å². The molecule has 1 fully saturated rings. The van der Waals surface area contributed by atoms with Crippen molar-refractivity contribution in [1.82, 2.24) is 5.32 Å². The topological polar surface area (TPSA) is 92.8 Å². The van der Waals surface area contributed by atoms with Gasteiger partial charge in [-0.1, -0.05) is 24.3 Å². The van der Waals surface area contributed by atoms with E-state index in [0.29, 0.717) is 11.1 Å². The Hall–Kier alpha value is -2.61. The summed E-state index contributed by atoms with van der Waals surface area (Å²) in [6.45, 7) is -0.868. The van der Waals surface area contributed by atoms with Gasteiger partial charge in [-0.05, 0) is 30.4 Å². The van der Waals surface area contributed by atoms with Crippen molar-refractivity contribution in [1.29, 1.82) is 0 Å². The number of sulfonamides is 1. The van der Waals surface area contributed by atoms with Crippen molar-refractivity contribution >= 4 is 38.4 Å². The molecule has 1 aliphatic carbocycles. The van der Waals surface area contributed by atoms with Crippen molar-refractivity contribution in [2.45, 2.75) is 23.8 Å². The highest BCUT2D eigenvalue weighted by Gasteiger charge is 2.37. The average Bonchev–Trinajstić information content (AvgIpc) is 3.37. The molecule has 2 aromatic rings. The number of nitrogens with zero attached hydrogens (tertiary/aromatic N) is 1. The molecule has 25 heavy (non-hydrogen) atoms. The van der Waals surface area contributed by atoms with Crippen LogP contribution in [0.25, 0.3) is 10.8 Å². The first-order valence-corrected chi connectivity index (χ1v) is 9.40. The number of amides is 1. The number of carbonyl (C=O) groups excluding carboxylic acids is 2. The highest BCUT2D eigenvalue weighted by molar-refractivity contribution is 7.93. The van der Waals surface area contributed by atoms with Crippen molar-refractivity contribution in [3.05, 3.63) is 36.4 Å². The van der Waals surface area contributed by atoms with Crippen molar-refractivity contribution < 1.29 is 22.7 Å². The van der Waals surface area contributed by atoms with Crippen LogP contribution in [0.5, 0.6) is 0 Å². The molecule has 0 aromatic heterocycles. The van der Waals surface area contributed by atoms with E-state index in [9.17, 15) is 18.0 Å². The summed E-state index contributed by atoms with van der Waals surface area (Å²) in [5.74, 6) is -1.13. The lowest BCUT2D eigenvalue weighted by Crippen LogP contribution is -2.36. The lowest BCUT2D eigenvalue weighted by molar-refractivity contribution is -0.147. The largest absolute Gasteiger partial charge is 0.454 e. The maximum atomic E-state index is 12.7. The third-order valence-corrected chi connectivity index (χ3v) is 6.06. The van der Waals surface area contributed by atoms with Gasteiger partial charge in [-0.25, -0.2) is 8.42 Å². The molecule has 0 atom stereocenters. The van der Waals surface area contributed by atoms with Gasteiger partial charge in [0, 0.05) is 11.4 Å². The fourth-order valence-electron chi connectivity index (χ4n) is 2.93. The van der Waals surface area contributed by atoms with Crippen molar-refractivity contribution in [2.24, 2.45) is 0 Å². The van der Waals surface area contributed by atoms with Crippen LogP contribution in [0.15, 0.2) is 41.3 Å². The van der Waals surface area contributed by atoms with Crippen LogP contribution in [-0.2, 0) is 24.3 Å². The third kappa shape index (κ3) is 2.82. The SMILES string of the molecule is O=C(COC(=O)CN1c2cccc3cccc(c23)S1(=O)=O)NC1CC1. The molecule has 1 aliphatic heterocycles. The van der Waals surface area contributed by atoms with E-state index in [4.69, 9.17) is 4.74 Å². The average molecular weight is 360 g/mol. The minimum absolute atomic E-state index is 0.178. The number of hydrogen-bond donors (Lipinski definition) is 1. The summed E-state index contributed by atoms with van der Waals surface area (Å²) in [6, 6.07) is 10.4. The number of benzene rings is 2.